The van der Waals surface area contributed by atoms with Crippen molar-refractivity contribution in [3.63, 3.8) is 0 Å². The van der Waals surface area contributed by atoms with Crippen molar-refractivity contribution < 1.29 is 18.7 Å². The summed E-state index contributed by atoms with van der Waals surface area (Å²) in [7, 11) is 1.57. The third kappa shape index (κ3) is 5.54. The van der Waals surface area contributed by atoms with Crippen LogP contribution in [0.25, 0.3) is 6.08 Å². The van der Waals surface area contributed by atoms with Crippen LogP contribution in [0.3, 0.4) is 0 Å². The molecule has 1 heterocycles. The molecule has 0 saturated heterocycles. The van der Waals surface area contributed by atoms with Gasteiger partial charge in [-0.25, -0.2) is 5.43 Å². The van der Waals surface area contributed by atoms with E-state index in [-0.39, 0.29) is 12.5 Å². The molecule has 0 bridgehead atoms. The van der Waals surface area contributed by atoms with E-state index in [2.05, 4.69) is 42.4 Å². The van der Waals surface area contributed by atoms with E-state index >= 15 is 0 Å². The lowest BCUT2D eigenvalue weighted by Gasteiger charge is -2.11. The van der Waals surface area contributed by atoms with Crippen molar-refractivity contribution in [1.29, 1.82) is 0 Å². The molecule has 0 fully saturated rings. The number of ether oxygens (including phenoxy) is 2. The van der Waals surface area contributed by atoms with E-state index in [1.807, 2.05) is 0 Å². The summed E-state index contributed by atoms with van der Waals surface area (Å²) in [5, 5.41) is 3.78. The molecule has 1 N–H and O–H groups in total. The average Bonchev–Trinajstić information content (AvgIpc) is 3.06. The molecule has 0 radical (unpaired) electrons. The van der Waals surface area contributed by atoms with Gasteiger partial charge in [0, 0.05) is 6.21 Å². The molecule has 0 saturated carbocycles. The Morgan fingerprint density at radius 2 is 2.12 bits per heavy atom. The molecule has 0 unspecified atom stereocenters. The Hall–Kier alpha value is -2.06. The first-order chi connectivity index (χ1) is 11.6. The molecule has 0 spiro atoms. The molecule has 6 nitrogen and oxygen atoms in total. The minimum atomic E-state index is -0.382. The lowest BCUT2D eigenvalue weighted by Crippen LogP contribution is -2.24. The number of carbonyl (C=O) groups excluding carboxylic acids is 1. The summed E-state index contributed by atoms with van der Waals surface area (Å²) in [4.78, 5) is 11.7. The van der Waals surface area contributed by atoms with Gasteiger partial charge < -0.3 is 13.9 Å². The fourth-order valence-electron chi connectivity index (χ4n) is 1.64. The van der Waals surface area contributed by atoms with Crippen LogP contribution in [-0.2, 0) is 4.79 Å². The molecule has 1 aromatic carbocycles. The van der Waals surface area contributed by atoms with Crippen LogP contribution in [0.4, 0.5) is 0 Å². The molecule has 1 aromatic heterocycles. The molecule has 0 aliphatic rings. The van der Waals surface area contributed by atoms with Gasteiger partial charge in [-0.05, 0) is 68.3 Å². The maximum absolute atomic E-state index is 11.7. The first-order valence-corrected chi connectivity index (χ1v) is 8.36. The van der Waals surface area contributed by atoms with Crippen LogP contribution >= 0.6 is 31.9 Å². The first kappa shape index (κ1) is 18.3. The van der Waals surface area contributed by atoms with E-state index in [1.165, 1.54) is 6.21 Å². The Balaban J connectivity index is 1.81. The third-order valence-corrected chi connectivity index (χ3v) is 3.89. The number of rotatable bonds is 7. The topological polar surface area (TPSA) is 73.1 Å². The monoisotopic (exact) mass is 456 g/mol. The SMILES string of the molecule is COc1cc(Br)c(OCC(=O)N/N=C\C=C\c2ccco2)c(Br)c1. The zero-order valence-electron chi connectivity index (χ0n) is 12.7. The number of hydrogen-bond acceptors (Lipinski definition) is 5. The van der Waals surface area contributed by atoms with Crippen LogP contribution < -0.4 is 14.9 Å². The maximum atomic E-state index is 11.7. The fourth-order valence-corrected chi connectivity index (χ4v) is 3.01. The van der Waals surface area contributed by atoms with Crippen molar-refractivity contribution in [3.05, 3.63) is 51.3 Å². The van der Waals surface area contributed by atoms with Crippen molar-refractivity contribution in [2.45, 2.75) is 0 Å². The van der Waals surface area contributed by atoms with Crippen LogP contribution in [0.1, 0.15) is 5.76 Å². The Kier molecular flexibility index (Phi) is 7.07. The number of hydrogen-bond donors (Lipinski definition) is 1. The van der Waals surface area contributed by atoms with Crippen LogP contribution in [0.2, 0.25) is 0 Å². The van der Waals surface area contributed by atoms with Gasteiger partial charge in [-0.1, -0.05) is 0 Å². The number of methoxy groups -OCH3 is 1. The summed E-state index contributed by atoms with van der Waals surface area (Å²) in [6.07, 6.45) is 6.39. The summed E-state index contributed by atoms with van der Waals surface area (Å²) in [6, 6.07) is 7.08. The van der Waals surface area contributed by atoms with E-state index in [0.29, 0.717) is 26.2 Å². The molecule has 8 heteroatoms. The molecule has 24 heavy (non-hydrogen) atoms. The van der Waals surface area contributed by atoms with Gasteiger partial charge in [-0.15, -0.1) is 0 Å². The van der Waals surface area contributed by atoms with Crippen molar-refractivity contribution in [3.8, 4) is 11.5 Å². The summed E-state index contributed by atoms with van der Waals surface area (Å²) in [6.45, 7) is -0.178. The molecular weight excluding hydrogens is 444 g/mol. The lowest BCUT2D eigenvalue weighted by atomic mass is 10.3. The van der Waals surface area contributed by atoms with E-state index < -0.39 is 0 Å². The number of carbonyl (C=O) groups is 1. The second-order valence-electron chi connectivity index (χ2n) is 4.40. The van der Waals surface area contributed by atoms with Gasteiger partial charge in [0.25, 0.3) is 5.91 Å². The van der Waals surface area contributed by atoms with Crippen LogP contribution in [0.5, 0.6) is 11.5 Å². The molecule has 0 aliphatic carbocycles. The van der Waals surface area contributed by atoms with Gasteiger partial charge >= 0.3 is 0 Å². The van der Waals surface area contributed by atoms with Crippen LogP contribution in [0.15, 0.2) is 55.1 Å². The number of benzene rings is 1. The number of allylic oxidation sites excluding steroid dienone is 1. The van der Waals surface area contributed by atoms with E-state index in [0.717, 1.165) is 0 Å². The quantitative estimate of drug-likeness (QED) is 0.503. The largest absolute Gasteiger partial charge is 0.497 e. The van der Waals surface area contributed by atoms with Gasteiger partial charge in [0.2, 0.25) is 0 Å². The van der Waals surface area contributed by atoms with Gasteiger partial charge in [-0.2, -0.15) is 5.10 Å². The van der Waals surface area contributed by atoms with E-state index in [1.54, 1.807) is 49.8 Å². The average molecular weight is 458 g/mol. The molecular formula is C16H14Br2N2O4. The number of hydrazone groups is 1. The third-order valence-electron chi connectivity index (χ3n) is 2.71. The predicted octanol–water partition coefficient (Wildman–Crippen LogP) is 4.01. The van der Waals surface area contributed by atoms with Gasteiger partial charge in [0.05, 0.1) is 22.3 Å². The Morgan fingerprint density at radius 3 is 2.75 bits per heavy atom. The number of furan rings is 1. The zero-order chi connectivity index (χ0) is 17.4. The molecule has 0 atom stereocenters. The number of nitrogens with one attached hydrogen (secondary N) is 1. The normalized spacial score (nSPS) is 11.1. The predicted molar refractivity (Wildman–Crippen MR) is 98.3 cm³/mol. The minimum absolute atomic E-state index is 0.178. The molecule has 2 aromatic rings. The van der Waals surface area contributed by atoms with Crippen LogP contribution in [0, 0.1) is 0 Å². The van der Waals surface area contributed by atoms with Gasteiger partial charge in [0.15, 0.2) is 6.61 Å². The first-order valence-electron chi connectivity index (χ1n) is 6.78. The Morgan fingerprint density at radius 1 is 1.38 bits per heavy atom. The van der Waals surface area contributed by atoms with Crippen molar-refractivity contribution >= 4 is 50.1 Å². The van der Waals surface area contributed by atoms with E-state index in [9.17, 15) is 4.79 Å². The summed E-state index contributed by atoms with van der Waals surface area (Å²) < 4.78 is 17.1. The maximum Gasteiger partial charge on any atom is 0.277 e. The minimum Gasteiger partial charge on any atom is -0.497 e. The highest BCUT2D eigenvalue weighted by molar-refractivity contribution is 9.11. The Bertz CT molecular complexity index is 720. The number of nitrogens with zero attached hydrogens (tertiary/aromatic N) is 1. The molecule has 1 amide bonds. The zero-order valence-corrected chi connectivity index (χ0v) is 15.8. The lowest BCUT2D eigenvalue weighted by molar-refractivity contribution is -0.123. The van der Waals surface area contributed by atoms with Crippen molar-refractivity contribution in [1.82, 2.24) is 5.43 Å². The van der Waals surface area contributed by atoms with Crippen molar-refractivity contribution in [2.24, 2.45) is 5.10 Å². The highest BCUT2D eigenvalue weighted by Gasteiger charge is 2.11. The summed E-state index contributed by atoms with van der Waals surface area (Å²) >= 11 is 6.73. The molecule has 2 rings (SSSR count). The van der Waals surface area contributed by atoms with Crippen LogP contribution in [-0.4, -0.2) is 25.8 Å². The van der Waals surface area contributed by atoms with Gasteiger partial charge in [0.1, 0.15) is 17.3 Å². The second-order valence-corrected chi connectivity index (χ2v) is 6.11. The number of halogens is 2. The molecule has 0 aliphatic heterocycles. The highest BCUT2D eigenvalue weighted by Crippen LogP contribution is 2.37. The van der Waals surface area contributed by atoms with Gasteiger partial charge in [-0.3, -0.25) is 4.79 Å². The number of amides is 1. The summed E-state index contributed by atoms with van der Waals surface area (Å²) in [5.41, 5.74) is 2.36. The summed E-state index contributed by atoms with van der Waals surface area (Å²) in [5.74, 6) is 1.49. The Labute approximate surface area is 155 Å². The van der Waals surface area contributed by atoms with Crippen molar-refractivity contribution in [2.75, 3.05) is 13.7 Å². The highest BCUT2D eigenvalue weighted by atomic mass is 79.9. The van der Waals surface area contributed by atoms with E-state index in [4.69, 9.17) is 13.9 Å². The standard InChI is InChI=1S/C16H14Br2N2O4/c1-22-12-8-13(17)16(14(18)9-12)24-10-15(21)20-19-6-2-4-11-5-3-7-23-11/h2-9H,10H2,1H3,(H,20,21)/b4-2+,19-6-. The smallest absolute Gasteiger partial charge is 0.277 e. The fraction of sp³-hybridized carbons (Fsp3) is 0.125. The molecule has 126 valence electrons. The second kappa shape index (κ2) is 9.29.